The van der Waals surface area contributed by atoms with Crippen molar-refractivity contribution in [3.8, 4) is 5.69 Å². The number of aromatic nitrogens is 4. The summed E-state index contributed by atoms with van der Waals surface area (Å²) in [5.74, 6) is 0.476. The first-order valence-corrected chi connectivity index (χ1v) is 7.71. The number of alkyl halides is 3. The molecule has 0 radical (unpaired) electrons. The molecule has 1 aliphatic heterocycles. The molecule has 2 aromatic rings. The van der Waals surface area contributed by atoms with Crippen LogP contribution in [0.1, 0.15) is 18.3 Å². The quantitative estimate of drug-likeness (QED) is 0.832. The summed E-state index contributed by atoms with van der Waals surface area (Å²) in [6, 6.07) is 4.31. The third-order valence-corrected chi connectivity index (χ3v) is 4.32. The highest BCUT2D eigenvalue weighted by Gasteiger charge is 2.31. The Labute approximate surface area is 142 Å². The Balaban J connectivity index is 1.80. The Morgan fingerprint density at radius 1 is 1.20 bits per heavy atom. The fraction of sp³-hybridized carbons (Fsp3) is 0.467. The largest absolute Gasteiger partial charge is 0.416 e. The van der Waals surface area contributed by atoms with Gasteiger partial charge in [-0.2, -0.15) is 17.9 Å². The van der Waals surface area contributed by atoms with E-state index in [1.807, 2.05) is 11.8 Å². The number of nitrogens with zero attached hydrogens (tertiary/aromatic N) is 6. The molecular weight excluding hydrogens is 337 g/mol. The second kappa shape index (κ2) is 6.43. The highest BCUT2D eigenvalue weighted by atomic mass is 19.4. The fourth-order valence-corrected chi connectivity index (χ4v) is 2.75. The molecule has 0 spiro atoms. The maximum absolute atomic E-state index is 12.7. The lowest BCUT2D eigenvalue weighted by molar-refractivity contribution is -0.139. The third-order valence-electron chi connectivity index (χ3n) is 4.32. The average Bonchev–Trinajstić information content (AvgIpc) is 3.03. The Hall–Kier alpha value is -2.49. The van der Waals surface area contributed by atoms with Gasteiger partial charge in [0.15, 0.2) is 5.82 Å². The molecule has 3 rings (SSSR count). The summed E-state index contributed by atoms with van der Waals surface area (Å²) in [4.78, 5) is 15.7. The van der Waals surface area contributed by atoms with E-state index in [1.54, 1.807) is 11.9 Å². The lowest BCUT2D eigenvalue weighted by Gasteiger charge is -2.36. The Kier molecular flexibility index (Phi) is 4.46. The molecule has 0 bridgehead atoms. The van der Waals surface area contributed by atoms with Gasteiger partial charge in [0, 0.05) is 20.1 Å². The second-order valence-electron chi connectivity index (χ2n) is 5.96. The van der Waals surface area contributed by atoms with Crippen molar-refractivity contribution in [1.82, 2.24) is 30.0 Å². The Bertz CT molecular complexity index is 757. The first-order valence-electron chi connectivity index (χ1n) is 7.71. The monoisotopic (exact) mass is 354 g/mol. The topological polar surface area (TPSA) is 67.2 Å². The number of carbonyl (C=O) groups excluding carboxylic acids is 1. The van der Waals surface area contributed by atoms with Crippen molar-refractivity contribution in [2.24, 2.45) is 0 Å². The molecular formula is C15H17F3N6O. The van der Waals surface area contributed by atoms with E-state index in [2.05, 4.69) is 15.5 Å². The van der Waals surface area contributed by atoms with Crippen molar-refractivity contribution in [3.63, 3.8) is 0 Å². The predicted molar refractivity (Wildman–Crippen MR) is 81.7 cm³/mol. The smallest absolute Gasteiger partial charge is 0.343 e. The van der Waals surface area contributed by atoms with E-state index in [4.69, 9.17) is 0 Å². The van der Waals surface area contributed by atoms with Gasteiger partial charge < -0.3 is 4.90 Å². The van der Waals surface area contributed by atoms with Crippen molar-refractivity contribution in [1.29, 1.82) is 0 Å². The lowest BCUT2D eigenvalue weighted by atomic mass is 10.2. The van der Waals surface area contributed by atoms with Gasteiger partial charge in [-0.05, 0) is 41.6 Å². The molecule has 0 aliphatic carbocycles. The van der Waals surface area contributed by atoms with Crippen molar-refractivity contribution in [2.45, 2.75) is 25.7 Å². The number of hydrogen-bond acceptors (Lipinski definition) is 5. The van der Waals surface area contributed by atoms with Crippen molar-refractivity contribution in [3.05, 3.63) is 35.7 Å². The zero-order valence-electron chi connectivity index (χ0n) is 13.7. The summed E-state index contributed by atoms with van der Waals surface area (Å²) in [7, 11) is 1.75. The van der Waals surface area contributed by atoms with Crippen LogP contribution in [0.3, 0.4) is 0 Å². The SMILES string of the molecule is C[C@@H]1C(=O)N(C)CCN1Cc1nnnn1-c1ccc(C(F)(F)F)cc1. The molecule has 1 fully saturated rings. The van der Waals surface area contributed by atoms with Gasteiger partial charge in [0.2, 0.25) is 5.91 Å². The molecule has 1 saturated heterocycles. The van der Waals surface area contributed by atoms with E-state index in [1.165, 1.54) is 16.8 Å². The molecule has 1 amide bonds. The second-order valence-corrected chi connectivity index (χ2v) is 5.96. The first-order chi connectivity index (χ1) is 11.8. The number of rotatable bonds is 3. The van der Waals surface area contributed by atoms with Gasteiger partial charge in [-0.3, -0.25) is 9.69 Å². The summed E-state index contributed by atoms with van der Waals surface area (Å²) >= 11 is 0. The van der Waals surface area contributed by atoms with Gasteiger partial charge in [-0.15, -0.1) is 5.10 Å². The molecule has 0 N–H and O–H groups in total. The molecule has 0 saturated carbocycles. The number of likely N-dealkylation sites (N-methyl/N-ethyl adjacent to an activating group) is 1. The van der Waals surface area contributed by atoms with Gasteiger partial charge in [0.05, 0.1) is 23.8 Å². The van der Waals surface area contributed by atoms with E-state index in [0.29, 0.717) is 31.1 Å². The van der Waals surface area contributed by atoms with Gasteiger partial charge in [-0.25, -0.2) is 0 Å². The molecule has 2 heterocycles. The maximum atomic E-state index is 12.7. The Morgan fingerprint density at radius 3 is 2.52 bits per heavy atom. The van der Waals surface area contributed by atoms with Crippen LogP contribution in [0.4, 0.5) is 13.2 Å². The molecule has 0 unspecified atom stereocenters. The van der Waals surface area contributed by atoms with Crippen LogP contribution in [0.5, 0.6) is 0 Å². The number of benzene rings is 1. The fourth-order valence-electron chi connectivity index (χ4n) is 2.75. The summed E-state index contributed by atoms with van der Waals surface area (Å²) in [5.41, 5.74) is -0.301. The van der Waals surface area contributed by atoms with E-state index in [0.717, 1.165) is 12.1 Å². The minimum absolute atomic E-state index is 0.0137. The number of piperazine rings is 1. The molecule has 10 heteroatoms. The van der Waals surface area contributed by atoms with Crippen LogP contribution < -0.4 is 0 Å². The van der Waals surface area contributed by atoms with E-state index in [9.17, 15) is 18.0 Å². The van der Waals surface area contributed by atoms with Crippen LogP contribution in [-0.4, -0.2) is 62.1 Å². The summed E-state index contributed by atoms with van der Waals surface area (Å²) in [6.07, 6.45) is -4.39. The molecule has 1 aliphatic rings. The zero-order chi connectivity index (χ0) is 18.2. The number of amides is 1. The average molecular weight is 354 g/mol. The minimum Gasteiger partial charge on any atom is -0.343 e. The summed E-state index contributed by atoms with van der Waals surface area (Å²) in [5, 5.41) is 11.4. The van der Waals surface area contributed by atoms with Crippen LogP contribution >= 0.6 is 0 Å². The lowest BCUT2D eigenvalue weighted by Crippen LogP contribution is -2.54. The first kappa shape index (κ1) is 17.3. The number of halogens is 3. The van der Waals surface area contributed by atoms with Gasteiger partial charge in [0.1, 0.15) is 0 Å². The van der Waals surface area contributed by atoms with Crippen LogP contribution in [0, 0.1) is 0 Å². The van der Waals surface area contributed by atoms with Gasteiger partial charge >= 0.3 is 6.18 Å². The standard InChI is InChI=1S/C15H17F3N6O/c1-10-14(25)22(2)7-8-23(10)9-13-19-20-21-24(13)12-5-3-11(4-6-12)15(16,17)18/h3-6,10H,7-9H2,1-2H3/t10-/m1/s1. The Morgan fingerprint density at radius 2 is 1.88 bits per heavy atom. The molecule has 1 aromatic heterocycles. The third kappa shape index (κ3) is 3.48. The minimum atomic E-state index is -4.39. The van der Waals surface area contributed by atoms with Crippen molar-refractivity contribution in [2.75, 3.05) is 20.1 Å². The summed E-state index contributed by atoms with van der Waals surface area (Å²) in [6.45, 7) is 3.41. The highest BCUT2D eigenvalue weighted by Crippen LogP contribution is 2.29. The van der Waals surface area contributed by atoms with Crippen LogP contribution in [0.2, 0.25) is 0 Å². The van der Waals surface area contributed by atoms with E-state index >= 15 is 0 Å². The molecule has 7 nitrogen and oxygen atoms in total. The maximum Gasteiger partial charge on any atom is 0.416 e. The number of hydrogen-bond donors (Lipinski definition) is 0. The molecule has 1 aromatic carbocycles. The molecule has 25 heavy (non-hydrogen) atoms. The summed E-state index contributed by atoms with van der Waals surface area (Å²) < 4.78 is 39.4. The van der Waals surface area contributed by atoms with Crippen LogP contribution in [0.15, 0.2) is 24.3 Å². The van der Waals surface area contributed by atoms with Crippen molar-refractivity contribution >= 4 is 5.91 Å². The normalized spacial score (nSPS) is 19.5. The highest BCUT2D eigenvalue weighted by molar-refractivity contribution is 5.81. The van der Waals surface area contributed by atoms with Crippen molar-refractivity contribution < 1.29 is 18.0 Å². The van der Waals surface area contributed by atoms with Crippen LogP contribution in [-0.2, 0) is 17.5 Å². The number of carbonyl (C=O) groups is 1. The van der Waals surface area contributed by atoms with Gasteiger partial charge in [0.25, 0.3) is 0 Å². The van der Waals surface area contributed by atoms with E-state index in [-0.39, 0.29) is 11.9 Å². The zero-order valence-corrected chi connectivity index (χ0v) is 13.7. The molecule has 134 valence electrons. The molecule has 1 atom stereocenters. The van der Waals surface area contributed by atoms with E-state index < -0.39 is 11.7 Å². The predicted octanol–water partition coefficient (Wildman–Crippen LogP) is 1.34. The number of tetrazole rings is 1. The van der Waals surface area contributed by atoms with Crippen LogP contribution in [0.25, 0.3) is 5.69 Å². The van der Waals surface area contributed by atoms with Gasteiger partial charge in [-0.1, -0.05) is 0 Å².